The maximum atomic E-state index is 6.99. The Bertz CT molecular complexity index is 568. The molecule has 0 fully saturated rings. The number of aryl methyl sites for hydroxylation is 2. The van der Waals surface area contributed by atoms with Crippen molar-refractivity contribution in [2.24, 2.45) is 0 Å². The Kier molecular flexibility index (Phi) is 2.82. The van der Waals surface area contributed by atoms with Crippen LogP contribution in [0.4, 0.5) is 0 Å². The molecule has 1 aromatic heterocycles. The number of aromatic nitrogens is 1. The van der Waals surface area contributed by atoms with E-state index in [4.69, 9.17) is 5.41 Å². The minimum absolute atomic E-state index is 1.04. The molecule has 0 aliphatic heterocycles. The third-order valence-electron chi connectivity index (χ3n) is 2.66. The van der Waals surface area contributed by atoms with E-state index in [1.54, 1.807) is 6.08 Å². The molecule has 0 unspecified atom stereocenters. The molecule has 0 amide bonds. The fraction of sp³-hybridized carbons (Fsp3) is 0.143. The van der Waals surface area contributed by atoms with Crippen molar-refractivity contribution in [2.75, 3.05) is 0 Å². The van der Waals surface area contributed by atoms with Gasteiger partial charge in [-0.15, -0.1) is 0 Å². The van der Waals surface area contributed by atoms with Crippen molar-refractivity contribution in [3.8, 4) is 0 Å². The van der Waals surface area contributed by atoms with Gasteiger partial charge < -0.3 is 5.41 Å². The number of allylic oxidation sites excluding steroid dienone is 1. The van der Waals surface area contributed by atoms with Crippen molar-refractivity contribution >= 4 is 23.2 Å². The van der Waals surface area contributed by atoms with E-state index in [9.17, 15) is 0 Å². The molecule has 0 saturated heterocycles. The summed E-state index contributed by atoms with van der Waals surface area (Å²) in [6, 6.07) is 6.28. The van der Waals surface area contributed by atoms with Crippen molar-refractivity contribution < 1.29 is 0 Å². The summed E-state index contributed by atoms with van der Waals surface area (Å²) in [6.07, 6.45) is 6.83. The van der Waals surface area contributed by atoms with E-state index >= 15 is 0 Å². The Labute approximate surface area is 95.2 Å². The fourth-order valence-electron chi connectivity index (χ4n) is 1.81. The molecule has 1 aromatic carbocycles. The van der Waals surface area contributed by atoms with Gasteiger partial charge in [0.2, 0.25) is 0 Å². The number of benzene rings is 1. The predicted octanol–water partition coefficient (Wildman–Crippen LogP) is 3.51. The van der Waals surface area contributed by atoms with E-state index < -0.39 is 0 Å². The Morgan fingerprint density at radius 1 is 1.25 bits per heavy atom. The van der Waals surface area contributed by atoms with Crippen molar-refractivity contribution in [1.82, 2.24) is 4.98 Å². The predicted molar refractivity (Wildman–Crippen MR) is 69.0 cm³/mol. The van der Waals surface area contributed by atoms with Crippen LogP contribution in [0.1, 0.15) is 16.7 Å². The number of pyridine rings is 1. The molecule has 2 nitrogen and oxygen atoms in total. The van der Waals surface area contributed by atoms with Gasteiger partial charge in [-0.1, -0.05) is 18.2 Å². The number of hydrogen-bond acceptors (Lipinski definition) is 2. The standard InChI is InChI=1S/C14H14N2/c1-10-8-13-6-5-12(4-3-7-15)11(2)14(13)16-9-10/h3-9,15H,1-2H3/b4-3-,15-7?. The van der Waals surface area contributed by atoms with Gasteiger partial charge in [-0.05, 0) is 42.7 Å². The van der Waals surface area contributed by atoms with Crippen molar-refractivity contribution in [3.63, 3.8) is 0 Å². The highest BCUT2D eigenvalue weighted by atomic mass is 14.7. The molecule has 2 rings (SSSR count). The number of fused-ring (bicyclic) bond motifs is 1. The largest absolute Gasteiger partial charge is 0.309 e. The van der Waals surface area contributed by atoms with Crippen LogP contribution in [0, 0.1) is 19.3 Å². The first-order valence-electron chi connectivity index (χ1n) is 5.25. The SMILES string of the molecule is Cc1cnc2c(C)c(/C=C\C=N)ccc2c1. The van der Waals surface area contributed by atoms with Gasteiger partial charge in [-0.2, -0.15) is 0 Å². The molecule has 0 spiro atoms. The highest BCUT2D eigenvalue weighted by molar-refractivity contribution is 5.87. The van der Waals surface area contributed by atoms with Gasteiger partial charge in [0, 0.05) is 17.8 Å². The first-order valence-corrected chi connectivity index (χ1v) is 5.25. The van der Waals surface area contributed by atoms with Crippen LogP contribution in [0.25, 0.3) is 17.0 Å². The second-order valence-corrected chi connectivity index (χ2v) is 3.89. The number of hydrogen-bond donors (Lipinski definition) is 1. The number of nitrogens with one attached hydrogen (secondary N) is 1. The van der Waals surface area contributed by atoms with Gasteiger partial charge >= 0.3 is 0 Å². The lowest BCUT2D eigenvalue weighted by atomic mass is 10.0. The zero-order valence-corrected chi connectivity index (χ0v) is 9.49. The molecule has 0 radical (unpaired) electrons. The summed E-state index contributed by atoms with van der Waals surface area (Å²) in [5.41, 5.74) is 4.50. The van der Waals surface area contributed by atoms with Crippen LogP contribution in [0.15, 0.2) is 30.5 Å². The maximum absolute atomic E-state index is 6.99. The van der Waals surface area contributed by atoms with Crippen molar-refractivity contribution in [1.29, 1.82) is 5.41 Å². The summed E-state index contributed by atoms with van der Waals surface area (Å²) in [5, 5.41) is 8.16. The Morgan fingerprint density at radius 3 is 2.81 bits per heavy atom. The van der Waals surface area contributed by atoms with Gasteiger partial charge in [-0.3, -0.25) is 4.98 Å². The Morgan fingerprint density at radius 2 is 2.06 bits per heavy atom. The molecule has 0 saturated carbocycles. The summed E-state index contributed by atoms with van der Waals surface area (Å²) in [7, 11) is 0. The molecule has 0 atom stereocenters. The van der Waals surface area contributed by atoms with E-state index in [0.717, 1.165) is 16.6 Å². The molecule has 16 heavy (non-hydrogen) atoms. The molecular weight excluding hydrogens is 196 g/mol. The third kappa shape index (κ3) is 1.87. The summed E-state index contributed by atoms with van der Waals surface area (Å²) in [6.45, 7) is 4.11. The van der Waals surface area contributed by atoms with Gasteiger partial charge in [-0.25, -0.2) is 0 Å². The average molecular weight is 210 g/mol. The zero-order valence-electron chi connectivity index (χ0n) is 9.49. The van der Waals surface area contributed by atoms with Gasteiger partial charge in [0.25, 0.3) is 0 Å². The Balaban J connectivity index is 2.65. The molecule has 1 N–H and O–H groups in total. The highest BCUT2D eigenvalue weighted by Gasteiger charge is 2.02. The van der Waals surface area contributed by atoms with Crippen molar-refractivity contribution in [2.45, 2.75) is 13.8 Å². The Hall–Kier alpha value is -1.96. The molecule has 0 bridgehead atoms. The van der Waals surface area contributed by atoms with Gasteiger partial charge in [0.15, 0.2) is 0 Å². The minimum Gasteiger partial charge on any atom is -0.309 e. The van der Waals surface area contributed by atoms with E-state index in [2.05, 4.69) is 30.1 Å². The summed E-state index contributed by atoms with van der Waals surface area (Å²) in [5.74, 6) is 0. The summed E-state index contributed by atoms with van der Waals surface area (Å²) >= 11 is 0. The van der Waals surface area contributed by atoms with Crippen LogP contribution in [0.2, 0.25) is 0 Å². The minimum atomic E-state index is 1.04. The van der Waals surface area contributed by atoms with Gasteiger partial charge in [0.1, 0.15) is 0 Å². The first kappa shape index (κ1) is 10.6. The molecule has 80 valence electrons. The van der Waals surface area contributed by atoms with E-state index in [0.29, 0.717) is 0 Å². The second-order valence-electron chi connectivity index (χ2n) is 3.89. The van der Waals surface area contributed by atoms with Gasteiger partial charge in [0.05, 0.1) is 5.52 Å². The first-order chi connectivity index (χ1) is 7.72. The summed E-state index contributed by atoms with van der Waals surface area (Å²) in [4.78, 5) is 4.46. The van der Waals surface area contributed by atoms with Crippen LogP contribution in [-0.2, 0) is 0 Å². The van der Waals surface area contributed by atoms with E-state index in [1.165, 1.54) is 17.2 Å². The lowest BCUT2D eigenvalue weighted by Crippen LogP contribution is -1.88. The zero-order chi connectivity index (χ0) is 11.5. The maximum Gasteiger partial charge on any atom is 0.0737 e. The topological polar surface area (TPSA) is 36.7 Å². The highest BCUT2D eigenvalue weighted by Crippen LogP contribution is 2.21. The van der Waals surface area contributed by atoms with Crippen LogP contribution in [0.5, 0.6) is 0 Å². The molecule has 2 heteroatoms. The molecule has 0 aliphatic rings. The van der Waals surface area contributed by atoms with Crippen LogP contribution in [0.3, 0.4) is 0 Å². The average Bonchev–Trinajstić information content (AvgIpc) is 2.28. The monoisotopic (exact) mass is 210 g/mol. The molecular formula is C14H14N2. The molecule has 2 aromatic rings. The smallest absolute Gasteiger partial charge is 0.0737 e. The fourth-order valence-corrected chi connectivity index (χ4v) is 1.81. The lowest BCUT2D eigenvalue weighted by Gasteiger charge is -2.05. The van der Waals surface area contributed by atoms with E-state index in [-0.39, 0.29) is 0 Å². The number of rotatable bonds is 2. The quantitative estimate of drug-likeness (QED) is 0.756. The third-order valence-corrected chi connectivity index (χ3v) is 2.66. The van der Waals surface area contributed by atoms with E-state index in [1.807, 2.05) is 19.2 Å². The molecule has 0 aliphatic carbocycles. The molecule has 1 heterocycles. The second kappa shape index (κ2) is 4.27. The lowest BCUT2D eigenvalue weighted by molar-refractivity contribution is 1.31. The van der Waals surface area contributed by atoms with Crippen LogP contribution in [-0.4, -0.2) is 11.2 Å². The normalized spacial score (nSPS) is 11.1. The van der Waals surface area contributed by atoms with Crippen LogP contribution < -0.4 is 0 Å². The number of nitrogens with zero attached hydrogens (tertiary/aromatic N) is 1. The van der Waals surface area contributed by atoms with Crippen LogP contribution >= 0.6 is 0 Å². The summed E-state index contributed by atoms with van der Waals surface area (Å²) < 4.78 is 0. The van der Waals surface area contributed by atoms with Crippen molar-refractivity contribution in [3.05, 3.63) is 47.2 Å².